The number of rotatable bonds is 7. The molecule has 17 heavy (non-hydrogen) atoms. The van der Waals surface area contributed by atoms with E-state index < -0.39 is 0 Å². The molecule has 0 aromatic rings. The zero-order valence-corrected chi connectivity index (χ0v) is 10.7. The van der Waals surface area contributed by atoms with Crippen molar-refractivity contribution >= 4 is 5.91 Å². The van der Waals surface area contributed by atoms with Crippen molar-refractivity contribution in [3.8, 4) is 0 Å². The van der Waals surface area contributed by atoms with Crippen molar-refractivity contribution in [1.29, 1.82) is 0 Å². The molecule has 1 aliphatic rings. The van der Waals surface area contributed by atoms with E-state index in [2.05, 4.69) is 0 Å². The van der Waals surface area contributed by atoms with Crippen LogP contribution in [0.25, 0.3) is 0 Å². The van der Waals surface area contributed by atoms with Crippen molar-refractivity contribution in [2.24, 2.45) is 5.73 Å². The molecule has 0 spiro atoms. The minimum atomic E-state index is 0.167. The van der Waals surface area contributed by atoms with Gasteiger partial charge in [0.1, 0.15) is 0 Å². The quantitative estimate of drug-likeness (QED) is 0.658. The number of amides is 1. The highest BCUT2D eigenvalue weighted by Gasteiger charge is 2.22. The highest BCUT2D eigenvalue weighted by Crippen LogP contribution is 2.14. The fourth-order valence-electron chi connectivity index (χ4n) is 1.97. The molecular weight excluding hydrogens is 220 g/mol. The Morgan fingerprint density at radius 1 is 1.35 bits per heavy atom. The van der Waals surface area contributed by atoms with Gasteiger partial charge >= 0.3 is 0 Å². The molecule has 1 amide bonds. The molecule has 1 rings (SSSR count). The second-order valence-electron chi connectivity index (χ2n) is 4.19. The largest absolute Gasteiger partial charge is 0.379 e. The van der Waals surface area contributed by atoms with Crippen LogP contribution >= 0.6 is 0 Å². The predicted octanol–water partition coefficient (Wildman–Crippen LogP) is 0.379. The van der Waals surface area contributed by atoms with E-state index >= 15 is 0 Å². The SMILES string of the molecule is CCOCCOC1CCN(C(=O)CCN)CC1. The number of hydrogen-bond donors (Lipinski definition) is 1. The van der Waals surface area contributed by atoms with Crippen molar-refractivity contribution in [1.82, 2.24) is 4.90 Å². The van der Waals surface area contributed by atoms with Gasteiger partial charge in [0.05, 0.1) is 19.3 Å². The maximum Gasteiger partial charge on any atom is 0.223 e. The molecule has 1 saturated heterocycles. The summed E-state index contributed by atoms with van der Waals surface area (Å²) in [6.07, 6.45) is 2.57. The molecule has 5 nitrogen and oxygen atoms in total. The Balaban J connectivity index is 2.11. The average Bonchev–Trinajstić information content (AvgIpc) is 2.36. The zero-order chi connectivity index (χ0) is 12.5. The predicted molar refractivity (Wildman–Crippen MR) is 65.7 cm³/mol. The van der Waals surface area contributed by atoms with E-state index in [1.54, 1.807) is 0 Å². The molecule has 0 aliphatic carbocycles. The third-order valence-corrected chi connectivity index (χ3v) is 2.94. The van der Waals surface area contributed by atoms with E-state index in [4.69, 9.17) is 15.2 Å². The van der Waals surface area contributed by atoms with Crippen molar-refractivity contribution in [3.05, 3.63) is 0 Å². The van der Waals surface area contributed by atoms with Gasteiger partial charge in [-0.1, -0.05) is 0 Å². The lowest BCUT2D eigenvalue weighted by Gasteiger charge is -2.32. The Bertz CT molecular complexity index is 216. The summed E-state index contributed by atoms with van der Waals surface area (Å²) in [4.78, 5) is 13.5. The van der Waals surface area contributed by atoms with Crippen LogP contribution in [0.2, 0.25) is 0 Å². The third kappa shape index (κ3) is 5.48. The topological polar surface area (TPSA) is 64.8 Å². The van der Waals surface area contributed by atoms with E-state index in [0.29, 0.717) is 26.2 Å². The Kier molecular flexibility index (Phi) is 7.16. The van der Waals surface area contributed by atoms with Gasteiger partial charge in [-0.2, -0.15) is 0 Å². The lowest BCUT2D eigenvalue weighted by atomic mass is 10.1. The number of piperidine rings is 1. The lowest BCUT2D eigenvalue weighted by Crippen LogP contribution is -2.41. The minimum Gasteiger partial charge on any atom is -0.379 e. The molecule has 0 atom stereocenters. The number of nitrogens with two attached hydrogens (primary N) is 1. The molecule has 5 heteroatoms. The van der Waals surface area contributed by atoms with E-state index in [1.807, 2.05) is 11.8 Å². The summed E-state index contributed by atoms with van der Waals surface area (Å²) in [6, 6.07) is 0. The highest BCUT2D eigenvalue weighted by molar-refractivity contribution is 5.76. The van der Waals surface area contributed by atoms with Crippen LogP contribution in [0, 0.1) is 0 Å². The first-order chi connectivity index (χ1) is 8.27. The zero-order valence-electron chi connectivity index (χ0n) is 10.7. The minimum absolute atomic E-state index is 0.167. The van der Waals surface area contributed by atoms with Gasteiger partial charge in [0.25, 0.3) is 0 Å². The second-order valence-corrected chi connectivity index (χ2v) is 4.19. The first-order valence-electron chi connectivity index (χ1n) is 6.45. The third-order valence-electron chi connectivity index (χ3n) is 2.94. The summed E-state index contributed by atoms with van der Waals surface area (Å²) in [5.41, 5.74) is 5.37. The van der Waals surface area contributed by atoms with Crippen LogP contribution < -0.4 is 5.73 Å². The summed E-state index contributed by atoms with van der Waals surface area (Å²) in [5.74, 6) is 0.167. The number of nitrogens with zero attached hydrogens (tertiary/aromatic N) is 1. The van der Waals surface area contributed by atoms with Crippen LogP contribution in [0.5, 0.6) is 0 Å². The van der Waals surface area contributed by atoms with Crippen LogP contribution in [-0.4, -0.2) is 56.4 Å². The summed E-state index contributed by atoms with van der Waals surface area (Å²) in [6.45, 7) is 6.02. The molecular formula is C12H24N2O3. The fraction of sp³-hybridized carbons (Fsp3) is 0.917. The Morgan fingerprint density at radius 3 is 2.65 bits per heavy atom. The lowest BCUT2D eigenvalue weighted by molar-refractivity contribution is -0.133. The van der Waals surface area contributed by atoms with E-state index in [0.717, 1.165) is 32.5 Å². The first-order valence-corrected chi connectivity index (χ1v) is 6.45. The van der Waals surface area contributed by atoms with Gasteiger partial charge in [-0.05, 0) is 19.8 Å². The number of likely N-dealkylation sites (tertiary alicyclic amines) is 1. The van der Waals surface area contributed by atoms with Crippen molar-refractivity contribution in [2.75, 3.05) is 39.5 Å². The van der Waals surface area contributed by atoms with Crippen molar-refractivity contribution < 1.29 is 14.3 Å². The molecule has 1 heterocycles. The van der Waals surface area contributed by atoms with Gasteiger partial charge in [0, 0.05) is 32.7 Å². The number of carbonyl (C=O) groups excluding carboxylic acids is 1. The van der Waals surface area contributed by atoms with Gasteiger partial charge in [-0.3, -0.25) is 4.79 Å². The molecule has 1 fully saturated rings. The van der Waals surface area contributed by atoms with Gasteiger partial charge in [0.15, 0.2) is 0 Å². The molecule has 2 N–H and O–H groups in total. The smallest absolute Gasteiger partial charge is 0.223 e. The fourth-order valence-corrected chi connectivity index (χ4v) is 1.97. The van der Waals surface area contributed by atoms with E-state index in [1.165, 1.54) is 0 Å². The average molecular weight is 244 g/mol. The van der Waals surface area contributed by atoms with Gasteiger partial charge in [-0.15, -0.1) is 0 Å². The number of hydrogen-bond acceptors (Lipinski definition) is 4. The van der Waals surface area contributed by atoms with Crippen LogP contribution in [0.15, 0.2) is 0 Å². The number of ether oxygens (including phenoxy) is 2. The van der Waals surface area contributed by atoms with Crippen LogP contribution in [0.3, 0.4) is 0 Å². The summed E-state index contributed by atoms with van der Waals surface area (Å²) >= 11 is 0. The second kappa shape index (κ2) is 8.44. The first kappa shape index (κ1) is 14.4. The molecule has 0 aromatic heterocycles. The summed E-state index contributed by atoms with van der Waals surface area (Å²) in [5, 5.41) is 0. The maximum absolute atomic E-state index is 11.6. The Hall–Kier alpha value is -0.650. The molecule has 100 valence electrons. The van der Waals surface area contributed by atoms with Crippen molar-refractivity contribution in [3.63, 3.8) is 0 Å². The monoisotopic (exact) mass is 244 g/mol. The van der Waals surface area contributed by atoms with Gasteiger partial charge in [-0.25, -0.2) is 0 Å². The Labute approximate surface area is 103 Å². The van der Waals surface area contributed by atoms with Crippen LogP contribution in [0.1, 0.15) is 26.2 Å². The highest BCUT2D eigenvalue weighted by atomic mass is 16.5. The van der Waals surface area contributed by atoms with E-state index in [9.17, 15) is 4.79 Å². The van der Waals surface area contributed by atoms with Crippen LogP contribution in [0.4, 0.5) is 0 Å². The number of carbonyl (C=O) groups is 1. The van der Waals surface area contributed by atoms with Gasteiger partial charge in [0.2, 0.25) is 5.91 Å². The summed E-state index contributed by atoms with van der Waals surface area (Å²) < 4.78 is 10.9. The molecule has 0 aromatic carbocycles. The van der Waals surface area contributed by atoms with E-state index in [-0.39, 0.29) is 12.0 Å². The van der Waals surface area contributed by atoms with Gasteiger partial charge < -0.3 is 20.1 Å². The molecule has 1 aliphatic heterocycles. The molecule has 0 bridgehead atoms. The molecule has 0 saturated carbocycles. The van der Waals surface area contributed by atoms with Crippen molar-refractivity contribution in [2.45, 2.75) is 32.3 Å². The normalized spacial score (nSPS) is 17.4. The molecule has 0 radical (unpaired) electrons. The molecule has 0 unspecified atom stereocenters. The summed E-state index contributed by atoms with van der Waals surface area (Å²) in [7, 11) is 0. The van der Waals surface area contributed by atoms with Crippen LogP contribution in [-0.2, 0) is 14.3 Å². The standard InChI is InChI=1S/C12H24N2O3/c1-2-16-9-10-17-11-4-7-14(8-5-11)12(15)3-6-13/h11H,2-10,13H2,1H3. The Morgan fingerprint density at radius 2 is 2.06 bits per heavy atom. The maximum atomic E-state index is 11.6.